The van der Waals surface area contributed by atoms with E-state index in [9.17, 15) is 18.3 Å². The number of hydrogen-bond acceptors (Lipinski definition) is 2. The van der Waals surface area contributed by atoms with E-state index in [2.05, 4.69) is 4.74 Å². The summed E-state index contributed by atoms with van der Waals surface area (Å²) in [6, 6.07) is 0. The average molecular weight is 186 g/mol. The van der Waals surface area contributed by atoms with Crippen LogP contribution < -0.4 is 0 Å². The van der Waals surface area contributed by atoms with Gasteiger partial charge in [-0.05, 0) is 5.92 Å². The highest BCUT2D eigenvalue weighted by atomic mass is 19.4. The van der Waals surface area contributed by atoms with Gasteiger partial charge in [0, 0.05) is 7.11 Å². The van der Waals surface area contributed by atoms with Gasteiger partial charge in [0.25, 0.3) is 0 Å². The van der Waals surface area contributed by atoms with Crippen LogP contribution in [0.25, 0.3) is 0 Å². The summed E-state index contributed by atoms with van der Waals surface area (Å²) in [5, 5.41) is 9.18. The van der Waals surface area contributed by atoms with Crippen molar-refractivity contribution in [3.63, 3.8) is 0 Å². The zero-order chi connectivity index (χ0) is 9.99. The Bertz CT molecular complexity index is 144. The molecule has 0 aliphatic rings. The molecule has 74 valence electrons. The lowest BCUT2D eigenvalue weighted by Gasteiger charge is -2.33. The van der Waals surface area contributed by atoms with E-state index in [0.717, 1.165) is 7.11 Å². The smallest absolute Gasteiger partial charge is 0.381 e. The van der Waals surface area contributed by atoms with Gasteiger partial charge in [-0.2, -0.15) is 13.2 Å². The maximum atomic E-state index is 12.2. The Morgan fingerprint density at radius 1 is 1.33 bits per heavy atom. The number of rotatable bonds is 3. The van der Waals surface area contributed by atoms with E-state index in [1.54, 1.807) is 0 Å². The Kier molecular flexibility index (Phi) is 3.53. The minimum absolute atomic E-state index is 0.728. The molecule has 0 spiro atoms. The third kappa shape index (κ3) is 2.10. The first-order valence-electron chi connectivity index (χ1n) is 3.53. The second-order valence-corrected chi connectivity index (χ2v) is 3.01. The third-order valence-corrected chi connectivity index (χ3v) is 1.81. The maximum Gasteiger partial charge on any atom is 0.419 e. The fourth-order valence-electron chi connectivity index (χ4n) is 0.796. The molecule has 0 aliphatic carbocycles. The molecule has 0 aliphatic heterocycles. The van der Waals surface area contributed by atoms with E-state index in [1.165, 1.54) is 13.8 Å². The Hall–Kier alpha value is -0.290. The van der Waals surface area contributed by atoms with Crippen LogP contribution in [0, 0.1) is 5.92 Å². The standard InChI is InChI=1S/C7H13F3O2/c1-5(2)6(11,4-12-3)7(8,9)10/h5,11H,4H2,1-3H3. The number of ether oxygens (including phenoxy) is 1. The molecule has 0 heterocycles. The molecule has 0 saturated heterocycles. The van der Waals surface area contributed by atoms with Crippen LogP contribution in [-0.2, 0) is 4.74 Å². The van der Waals surface area contributed by atoms with Crippen molar-refractivity contribution in [2.24, 2.45) is 5.92 Å². The first-order valence-corrected chi connectivity index (χ1v) is 3.53. The molecular weight excluding hydrogens is 173 g/mol. The molecule has 0 radical (unpaired) electrons. The van der Waals surface area contributed by atoms with Crippen LogP contribution in [0.3, 0.4) is 0 Å². The van der Waals surface area contributed by atoms with Gasteiger partial charge in [-0.15, -0.1) is 0 Å². The van der Waals surface area contributed by atoms with E-state index in [4.69, 9.17) is 0 Å². The molecule has 0 fully saturated rings. The van der Waals surface area contributed by atoms with Crippen LogP contribution in [0.1, 0.15) is 13.8 Å². The maximum absolute atomic E-state index is 12.2. The fourth-order valence-corrected chi connectivity index (χ4v) is 0.796. The Balaban J connectivity index is 4.62. The van der Waals surface area contributed by atoms with Crippen molar-refractivity contribution < 1.29 is 23.0 Å². The van der Waals surface area contributed by atoms with Crippen molar-refractivity contribution in [3.8, 4) is 0 Å². The summed E-state index contributed by atoms with van der Waals surface area (Å²) in [5.74, 6) is -0.919. The normalized spacial score (nSPS) is 18.0. The molecule has 1 unspecified atom stereocenters. The fraction of sp³-hybridized carbons (Fsp3) is 1.00. The number of alkyl halides is 3. The molecule has 0 saturated carbocycles. The molecule has 0 aromatic rings. The lowest BCUT2D eigenvalue weighted by Crippen LogP contribution is -2.53. The van der Waals surface area contributed by atoms with Crippen LogP contribution >= 0.6 is 0 Å². The summed E-state index contributed by atoms with van der Waals surface area (Å²) < 4.78 is 41.0. The van der Waals surface area contributed by atoms with Crippen molar-refractivity contribution in [1.29, 1.82) is 0 Å². The molecule has 0 aromatic heterocycles. The van der Waals surface area contributed by atoms with E-state index < -0.39 is 24.3 Å². The topological polar surface area (TPSA) is 29.5 Å². The van der Waals surface area contributed by atoms with Crippen molar-refractivity contribution in [2.45, 2.75) is 25.6 Å². The van der Waals surface area contributed by atoms with E-state index >= 15 is 0 Å². The summed E-state index contributed by atoms with van der Waals surface area (Å²) >= 11 is 0. The van der Waals surface area contributed by atoms with Crippen molar-refractivity contribution in [3.05, 3.63) is 0 Å². The first kappa shape index (κ1) is 11.7. The summed E-state index contributed by atoms with van der Waals surface area (Å²) in [7, 11) is 1.12. The van der Waals surface area contributed by atoms with Crippen molar-refractivity contribution in [2.75, 3.05) is 13.7 Å². The van der Waals surface area contributed by atoms with Gasteiger partial charge in [-0.1, -0.05) is 13.8 Å². The zero-order valence-corrected chi connectivity index (χ0v) is 7.27. The zero-order valence-electron chi connectivity index (χ0n) is 7.27. The van der Waals surface area contributed by atoms with Gasteiger partial charge >= 0.3 is 6.18 Å². The van der Waals surface area contributed by atoms with Crippen LogP contribution in [-0.4, -0.2) is 30.6 Å². The van der Waals surface area contributed by atoms with Gasteiger partial charge in [-0.25, -0.2) is 0 Å². The SMILES string of the molecule is COCC(O)(C(C)C)C(F)(F)F. The lowest BCUT2D eigenvalue weighted by atomic mass is 9.90. The molecular formula is C7H13F3O2. The molecule has 0 amide bonds. The number of methoxy groups -OCH3 is 1. The van der Waals surface area contributed by atoms with Gasteiger partial charge in [0.05, 0.1) is 6.61 Å². The second kappa shape index (κ2) is 3.62. The van der Waals surface area contributed by atoms with E-state index in [-0.39, 0.29) is 0 Å². The van der Waals surface area contributed by atoms with Gasteiger partial charge in [0.2, 0.25) is 0 Å². The average Bonchev–Trinajstić information content (AvgIpc) is 1.85. The minimum atomic E-state index is -4.64. The Morgan fingerprint density at radius 2 is 1.75 bits per heavy atom. The molecule has 12 heavy (non-hydrogen) atoms. The molecule has 5 heteroatoms. The summed E-state index contributed by atoms with van der Waals surface area (Å²) in [6.45, 7) is 1.87. The first-order chi connectivity index (χ1) is 5.25. The highest BCUT2D eigenvalue weighted by Crippen LogP contribution is 2.36. The molecule has 2 nitrogen and oxygen atoms in total. The monoisotopic (exact) mass is 186 g/mol. The van der Waals surface area contributed by atoms with Crippen LogP contribution in [0.2, 0.25) is 0 Å². The van der Waals surface area contributed by atoms with Gasteiger partial charge in [0.1, 0.15) is 0 Å². The Morgan fingerprint density at radius 3 is 1.83 bits per heavy atom. The largest absolute Gasteiger partial charge is 0.419 e. The van der Waals surface area contributed by atoms with Gasteiger partial charge in [0.15, 0.2) is 5.60 Å². The molecule has 1 N–H and O–H groups in total. The second-order valence-electron chi connectivity index (χ2n) is 3.01. The molecule has 1 atom stereocenters. The van der Waals surface area contributed by atoms with Crippen LogP contribution in [0.15, 0.2) is 0 Å². The minimum Gasteiger partial charge on any atom is -0.381 e. The third-order valence-electron chi connectivity index (χ3n) is 1.81. The lowest BCUT2D eigenvalue weighted by molar-refractivity contribution is -0.288. The summed E-state index contributed by atoms with van der Waals surface area (Å²) in [5.41, 5.74) is -2.73. The van der Waals surface area contributed by atoms with Gasteiger partial charge < -0.3 is 9.84 Å². The van der Waals surface area contributed by atoms with Gasteiger partial charge in [-0.3, -0.25) is 0 Å². The number of hydrogen-bond donors (Lipinski definition) is 1. The predicted octanol–water partition coefficient (Wildman–Crippen LogP) is 1.58. The summed E-state index contributed by atoms with van der Waals surface area (Å²) in [6.07, 6.45) is -4.64. The quantitative estimate of drug-likeness (QED) is 0.725. The number of halogens is 3. The molecule has 0 aromatic carbocycles. The van der Waals surface area contributed by atoms with Crippen LogP contribution in [0.4, 0.5) is 13.2 Å². The molecule has 0 rings (SSSR count). The highest BCUT2D eigenvalue weighted by Gasteiger charge is 2.55. The number of aliphatic hydroxyl groups is 1. The van der Waals surface area contributed by atoms with Crippen molar-refractivity contribution >= 4 is 0 Å². The van der Waals surface area contributed by atoms with E-state index in [1.807, 2.05) is 0 Å². The van der Waals surface area contributed by atoms with E-state index in [0.29, 0.717) is 0 Å². The highest BCUT2D eigenvalue weighted by molar-refractivity contribution is 4.89. The van der Waals surface area contributed by atoms with Crippen molar-refractivity contribution in [1.82, 2.24) is 0 Å². The molecule has 0 bridgehead atoms. The predicted molar refractivity (Wildman–Crippen MR) is 37.7 cm³/mol. The Labute approximate surface area is 69.3 Å². The van der Waals surface area contributed by atoms with Crippen LogP contribution in [0.5, 0.6) is 0 Å². The summed E-state index contributed by atoms with van der Waals surface area (Å²) in [4.78, 5) is 0.